The molecular weight excluding hydrogens is 530 g/mol. The lowest BCUT2D eigenvalue weighted by atomic mass is 10.2. The van der Waals surface area contributed by atoms with Crippen LogP contribution in [-0.2, 0) is 0 Å². The molecule has 0 spiro atoms. The summed E-state index contributed by atoms with van der Waals surface area (Å²) in [4.78, 5) is 18.5. The first-order valence-electron chi connectivity index (χ1n) is 15.4. The van der Waals surface area contributed by atoms with Gasteiger partial charge in [-0.1, -0.05) is 26.2 Å². The van der Waals surface area contributed by atoms with Crippen molar-refractivity contribution >= 4 is 24.1 Å². The number of benzene rings is 2. The summed E-state index contributed by atoms with van der Waals surface area (Å²) in [6, 6.07) is 15.5. The second-order valence-corrected chi connectivity index (χ2v) is 10.7. The molecule has 1 N–H and O–H groups in total. The lowest BCUT2D eigenvalue weighted by molar-refractivity contribution is 0.217. The summed E-state index contributed by atoms with van der Waals surface area (Å²) < 4.78 is 17.4. The number of nitrogens with zero attached hydrogens (tertiary/aromatic N) is 6. The number of nitrogens with one attached hydrogen (secondary N) is 1. The third kappa shape index (κ3) is 8.96. The fraction of sp³-hybridized carbons (Fsp3) is 0.500. The SMILES string of the molecule is CCCCCCOc1ccc(OCCOc2ccc(/C=N/Nc3nc(N4CCCC4)nc(N4CCCC4)n3)cc2)cc1. The standard InChI is InChI=1S/C32H43N7O3/c1-2-3-4-9-22-40-28-14-16-29(17-15-28)42-24-23-41-27-12-10-26(11-13-27)25-33-37-30-34-31(38-18-5-6-19-38)36-32(35-30)39-20-7-8-21-39/h10-17,25H,2-9,18-24H2,1H3,(H,34,35,36,37)/b33-25+. The maximum Gasteiger partial charge on any atom is 0.250 e. The number of hydrogen-bond acceptors (Lipinski definition) is 10. The molecule has 0 radical (unpaired) electrons. The Morgan fingerprint density at radius 3 is 1.69 bits per heavy atom. The van der Waals surface area contributed by atoms with Crippen molar-refractivity contribution in [3.63, 3.8) is 0 Å². The quantitative estimate of drug-likeness (QED) is 0.127. The van der Waals surface area contributed by atoms with E-state index in [1.807, 2.05) is 48.5 Å². The monoisotopic (exact) mass is 573 g/mol. The van der Waals surface area contributed by atoms with E-state index in [1.54, 1.807) is 6.21 Å². The minimum Gasteiger partial charge on any atom is -0.494 e. The largest absolute Gasteiger partial charge is 0.494 e. The second kappa shape index (κ2) is 15.8. The van der Waals surface area contributed by atoms with Gasteiger partial charge in [-0.05, 0) is 86.2 Å². The summed E-state index contributed by atoms with van der Waals surface area (Å²) >= 11 is 0. The number of unbranched alkanes of at least 4 members (excludes halogenated alkanes) is 3. The van der Waals surface area contributed by atoms with Gasteiger partial charge in [-0.25, -0.2) is 5.43 Å². The first-order chi connectivity index (χ1) is 20.8. The van der Waals surface area contributed by atoms with Crippen LogP contribution in [0.3, 0.4) is 0 Å². The molecule has 2 aromatic carbocycles. The van der Waals surface area contributed by atoms with Crippen molar-refractivity contribution in [1.82, 2.24) is 15.0 Å². The Hall–Kier alpha value is -4.08. The summed E-state index contributed by atoms with van der Waals surface area (Å²) in [6.07, 6.45) is 11.2. The van der Waals surface area contributed by atoms with Gasteiger partial charge in [-0.3, -0.25) is 0 Å². The molecule has 0 amide bonds. The summed E-state index contributed by atoms with van der Waals surface area (Å²) in [5.74, 6) is 4.38. The van der Waals surface area contributed by atoms with Gasteiger partial charge in [0.1, 0.15) is 30.5 Å². The van der Waals surface area contributed by atoms with Crippen LogP contribution in [0.25, 0.3) is 0 Å². The normalized spacial score (nSPS) is 15.0. The molecule has 2 fully saturated rings. The third-order valence-electron chi connectivity index (χ3n) is 7.36. The van der Waals surface area contributed by atoms with Crippen LogP contribution in [0.4, 0.5) is 17.8 Å². The molecule has 0 bridgehead atoms. The van der Waals surface area contributed by atoms with Crippen LogP contribution < -0.4 is 29.4 Å². The fourth-order valence-electron chi connectivity index (χ4n) is 5.01. The first-order valence-corrected chi connectivity index (χ1v) is 15.4. The van der Waals surface area contributed by atoms with Crippen LogP contribution >= 0.6 is 0 Å². The Labute approximate surface area is 249 Å². The average Bonchev–Trinajstić information content (AvgIpc) is 3.76. The minimum atomic E-state index is 0.447. The zero-order chi connectivity index (χ0) is 28.8. The van der Waals surface area contributed by atoms with Crippen LogP contribution in [0.5, 0.6) is 17.2 Å². The number of anilines is 3. The van der Waals surface area contributed by atoms with Gasteiger partial charge in [0, 0.05) is 26.2 Å². The van der Waals surface area contributed by atoms with E-state index in [9.17, 15) is 0 Å². The molecule has 2 aliphatic rings. The highest BCUT2D eigenvalue weighted by Gasteiger charge is 2.21. The Balaban J connectivity index is 1.05. The van der Waals surface area contributed by atoms with Gasteiger partial charge in [-0.2, -0.15) is 20.1 Å². The van der Waals surface area contributed by atoms with Crippen LogP contribution in [0.1, 0.15) is 63.9 Å². The maximum atomic E-state index is 5.84. The molecule has 10 heteroatoms. The van der Waals surface area contributed by atoms with E-state index < -0.39 is 0 Å². The molecule has 10 nitrogen and oxygen atoms in total. The smallest absolute Gasteiger partial charge is 0.250 e. The minimum absolute atomic E-state index is 0.447. The van der Waals surface area contributed by atoms with Crippen LogP contribution in [0.2, 0.25) is 0 Å². The van der Waals surface area contributed by atoms with Crippen molar-refractivity contribution in [2.45, 2.75) is 58.3 Å². The lowest BCUT2D eigenvalue weighted by Gasteiger charge is -2.20. The summed E-state index contributed by atoms with van der Waals surface area (Å²) in [6.45, 7) is 7.79. The topological polar surface area (TPSA) is 97.2 Å². The molecule has 0 saturated carbocycles. The number of rotatable bonds is 16. The van der Waals surface area contributed by atoms with Gasteiger partial charge in [-0.15, -0.1) is 0 Å². The van der Waals surface area contributed by atoms with Gasteiger partial charge >= 0.3 is 0 Å². The number of hydrazone groups is 1. The predicted octanol–water partition coefficient (Wildman–Crippen LogP) is 5.93. The Bertz CT molecular complexity index is 1210. The molecule has 224 valence electrons. The molecule has 0 atom stereocenters. The fourth-order valence-corrected chi connectivity index (χ4v) is 5.01. The highest BCUT2D eigenvalue weighted by atomic mass is 16.5. The van der Waals surface area contributed by atoms with Gasteiger partial charge in [0.15, 0.2) is 0 Å². The highest BCUT2D eigenvalue weighted by Crippen LogP contribution is 2.23. The Morgan fingerprint density at radius 2 is 1.17 bits per heavy atom. The van der Waals surface area contributed by atoms with Crippen LogP contribution in [0.15, 0.2) is 53.6 Å². The molecule has 3 heterocycles. The van der Waals surface area contributed by atoms with Gasteiger partial charge in [0.25, 0.3) is 0 Å². The van der Waals surface area contributed by atoms with Gasteiger partial charge in [0.05, 0.1) is 12.8 Å². The van der Waals surface area contributed by atoms with E-state index in [-0.39, 0.29) is 0 Å². The Kier molecular flexibility index (Phi) is 11.1. The lowest BCUT2D eigenvalue weighted by Crippen LogP contribution is -2.25. The summed E-state index contributed by atoms with van der Waals surface area (Å²) in [5, 5.41) is 4.39. The summed E-state index contributed by atoms with van der Waals surface area (Å²) in [5.41, 5.74) is 3.95. The molecule has 1 aromatic heterocycles. The molecule has 2 aliphatic heterocycles. The summed E-state index contributed by atoms with van der Waals surface area (Å²) in [7, 11) is 0. The predicted molar refractivity (Wildman–Crippen MR) is 167 cm³/mol. The van der Waals surface area contributed by atoms with Crippen molar-refractivity contribution in [1.29, 1.82) is 0 Å². The van der Waals surface area contributed by atoms with E-state index in [2.05, 4.69) is 37.2 Å². The molecule has 2 saturated heterocycles. The third-order valence-corrected chi connectivity index (χ3v) is 7.36. The molecule has 5 rings (SSSR count). The zero-order valence-corrected chi connectivity index (χ0v) is 24.7. The van der Waals surface area contributed by atoms with Gasteiger partial charge < -0.3 is 24.0 Å². The molecule has 0 aliphatic carbocycles. The van der Waals surface area contributed by atoms with E-state index in [0.29, 0.717) is 19.2 Å². The van der Waals surface area contributed by atoms with Crippen molar-refractivity contribution in [2.75, 3.05) is 61.2 Å². The van der Waals surface area contributed by atoms with Crippen molar-refractivity contribution in [3.8, 4) is 17.2 Å². The van der Waals surface area contributed by atoms with E-state index in [1.165, 1.54) is 44.9 Å². The molecular formula is C32H43N7O3. The highest BCUT2D eigenvalue weighted by molar-refractivity contribution is 5.80. The zero-order valence-electron chi connectivity index (χ0n) is 24.7. The van der Waals surface area contributed by atoms with Crippen LogP contribution in [0, 0.1) is 0 Å². The number of hydrogen-bond donors (Lipinski definition) is 1. The number of ether oxygens (including phenoxy) is 3. The van der Waals surface area contributed by atoms with Crippen molar-refractivity contribution < 1.29 is 14.2 Å². The molecule has 42 heavy (non-hydrogen) atoms. The maximum absolute atomic E-state index is 5.84. The van der Waals surface area contributed by atoms with Crippen LogP contribution in [-0.4, -0.2) is 67.2 Å². The van der Waals surface area contributed by atoms with Crippen molar-refractivity contribution in [2.24, 2.45) is 5.10 Å². The average molecular weight is 574 g/mol. The van der Waals surface area contributed by atoms with Crippen molar-refractivity contribution in [3.05, 3.63) is 54.1 Å². The van der Waals surface area contributed by atoms with E-state index >= 15 is 0 Å². The van der Waals surface area contributed by atoms with Gasteiger partial charge in [0.2, 0.25) is 17.8 Å². The molecule has 3 aromatic rings. The Morgan fingerprint density at radius 1 is 0.667 bits per heavy atom. The van der Waals surface area contributed by atoms with E-state index in [0.717, 1.165) is 73.9 Å². The molecule has 0 unspecified atom stereocenters. The first kappa shape index (κ1) is 29.4. The number of aromatic nitrogens is 3. The second-order valence-electron chi connectivity index (χ2n) is 10.7. The van der Waals surface area contributed by atoms with E-state index in [4.69, 9.17) is 19.2 Å².